The fourth-order valence-electron chi connectivity index (χ4n) is 2.66. The van der Waals surface area contributed by atoms with Crippen LogP contribution in [-0.4, -0.2) is 30.6 Å². The maximum atomic E-state index is 11.3. The van der Waals surface area contributed by atoms with Crippen molar-refractivity contribution in [1.29, 1.82) is 0 Å². The van der Waals surface area contributed by atoms with Gasteiger partial charge in [-0.3, -0.25) is 4.79 Å². The summed E-state index contributed by atoms with van der Waals surface area (Å²) in [6.07, 6.45) is 6.75. The van der Waals surface area contributed by atoms with Crippen LogP contribution in [0.4, 0.5) is 0 Å². The van der Waals surface area contributed by atoms with E-state index in [-0.39, 0.29) is 5.97 Å². The molecule has 0 spiro atoms. The van der Waals surface area contributed by atoms with Gasteiger partial charge in [0.15, 0.2) is 0 Å². The van der Waals surface area contributed by atoms with Gasteiger partial charge in [-0.2, -0.15) is 0 Å². The molecule has 0 saturated heterocycles. The zero-order valence-corrected chi connectivity index (χ0v) is 13.0. The monoisotopic (exact) mass is 299 g/mol. The van der Waals surface area contributed by atoms with Gasteiger partial charge in [0.1, 0.15) is 5.75 Å². The Bertz CT molecular complexity index is 663. The number of hydrogen-bond donors (Lipinski definition) is 2. The minimum absolute atomic E-state index is 0.301. The van der Waals surface area contributed by atoms with Crippen LogP contribution in [0.1, 0.15) is 12.5 Å². The van der Waals surface area contributed by atoms with Crippen molar-refractivity contribution in [3.05, 3.63) is 55.3 Å². The second-order valence-electron chi connectivity index (χ2n) is 5.32. The summed E-state index contributed by atoms with van der Waals surface area (Å²) in [6, 6.07) is 5.71. The molecule has 1 heterocycles. The highest BCUT2D eigenvalue weighted by Gasteiger charge is 2.13. The molecular weight excluding hydrogens is 276 g/mol. The first-order chi connectivity index (χ1) is 10.7. The number of carbonyl (C=O) groups is 1. The molecular formula is C18H23N2O2+. The van der Waals surface area contributed by atoms with Crippen LogP contribution in [0.3, 0.4) is 0 Å². The first kappa shape index (κ1) is 16.0. The maximum Gasteiger partial charge on any atom is 0.308 e. The molecule has 2 aromatic rings. The lowest BCUT2D eigenvalue weighted by Gasteiger charge is -2.15. The lowest BCUT2D eigenvalue weighted by atomic mass is 10.1. The molecule has 0 fully saturated rings. The van der Waals surface area contributed by atoms with E-state index in [2.05, 4.69) is 18.1 Å². The highest BCUT2D eigenvalue weighted by molar-refractivity contribution is 5.91. The second kappa shape index (κ2) is 7.61. The van der Waals surface area contributed by atoms with E-state index in [1.165, 1.54) is 11.8 Å². The van der Waals surface area contributed by atoms with E-state index in [1.807, 2.05) is 36.5 Å². The number of aromatic amines is 1. The van der Waals surface area contributed by atoms with Crippen LogP contribution >= 0.6 is 0 Å². The van der Waals surface area contributed by atoms with Crippen molar-refractivity contribution in [2.75, 3.05) is 19.6 Å². The molecule has 0 aliphatic rings. The molecule has 0 aliphatic carbocycles. The zero-order chi connectivity index (χ0) is 15.9. The SMILES string of the molecule is C=CC[NH+](CC=C)CCc1c[nH]c2cccc(OC(C)=O)c12. The molecule has 2 N–H and O–H groups in total. The third-order valence-electron chi connectivity index (χ3n) is 3.62. The fraction of sp³-hybridized carbons (Fsp3) is 0.278. The summed E-state index contributed by atoms with van der Waals surface area (Å²) in [5.41, 5.74) is 2.15. The van der Waals surface area contributed by atoms with Crippen LogP contribution in [-0.2, 0) is 11.2 Å². The number of nitrogens with one attached hydrogen (secondary N) is 2. The summed E-state index contributed by atoms with van der Waals surface area (Å²) in [7, 11) is 0. The van der Waals surface area contributed by atoms with Gasteiger partial charge in [0, 0.05) is 30.4 Å². The second-order valence-corrected chi connectivity index (χ2v) is 5.32. The predicted molar refractivity (Wildman–Crippen MR) is 89.3 cm³/mol. The number of fused-ring (bicyclic) bond motifs is 1. The summed E-state index contributed by atoms with van der Waals surface area (Å²) < 4.78 is 5.33. The number of carbonyl (C=O) groups excluding carboxylic acids is 1. The van der Waals surface area contributed by atoms with E-state index < -0.39 is 0 Å². The van der Waals surface area contributed by atoms with Crippen molar-refractivity contribution in [3.8, 4) is 5.75 Å². The Morgan fingerprint density at radius 1 is 1.32 bits per heavy atom. The van der Waals surface area contributed by atoms with Crippen LogP contribution in [0.25, 0.3) is 10.9 Å². The number of quaternary nitrogens is 1. The smallest absolute Gasteiger partial charge is 0.308 e. The first-order valence-electron chi connectivity index (χ1n) is 7.48. The number of hydrogen-bond acceptors (Lipinski definition) is 2. The van der Waals surface area contributed by atoms with E-state index in [0.29, 0.717) is 5.75 Å². The van der Waals surface area contributed by atoms with Gasteiger partial charge in [-0.15, -0.1) is 0 Å². The number of aromatic nitrogens is 1. The Kier molecular flexibility index (Phi) is 5.55. The summed E-state index contributed by atoms with van der Waals surface area (Å²) in [4.78, 5) is 15.9. The molecule has 116 valence electrons. The molecule has 0 saturated carbocycles. The van der Waals surface area contributed by atoms with E-state index in [4.69, 9.17) is 4.74 Å². The Labute approximate surface area is 131 Å². The Morgan fingerprint density at radius 3 is 2.68 bits per heavy atom. The first-order valence-corrected chi connectivity index (χ1v) is 7.48. The van der Waals surface area contributed by atoms with Gasteiger partial charge in [0.05, 0.1) is 19.6 Å². The quantitative estimate of drug-likeness (QED) is 0.444. The van der Waals surface area contributed by atoms with Gasteiger partial charge in [-0.25, -0.2) is 0 Å². The number of esters is 1. The van der Waals surface area contributed by atoms with E-state index in [0.717, 1.165) is 42.5 Å². The van der Waals surface area contributed by atoms with Crippen LogP contribution in [0.15, 0.2) is 49.7 Å². The van der Waals surface area contributed by atoms with Gasteiger partial charge in [-0.1, -0.05) is 19.2 Å². The molecule has 1 aromatic carbocycles. The molecule has 22 heavy (non-hydrogen) atoms. The molecule has 4 heteroatoms. The zero-order valence-electron chi connectivity index (χ0n) is 13.0. The van der Waals surface area contributed by atoms with E-state index in [1.54, 1.807) is 0 Å². The third-order valence-corrected chi connectivity index (χ3v) is 3.62. The van der Waals surface area contributed by atoms with E-state index >= 15 is 0 Å². The van der Waals surface area contributed by atoms with E-state index in [9.17, 15) is 4.79 Å². The molecule has 0 radical (unpaired) electrons. The summed E-state index contributed by atoms with van der Waals surface area (Å²) in [5.74, 6) is 0.320. The maximum absolute atomic E-state index is 11.3. The van der Waals surface area contributed by atoms with Crippen molar-refractivity contribution >= 4 is 16.9 Å². The lowest BCUT2D eigenvalue weighted by molar-refractivity contribution is -0.887. The minimum Gasteiger partial charge on any atom is -0.426 e. The molecule has 4 nitrogen and oxygen atoms in total. The van der Waals surface area contributed by atoms with Gasteiger partial charge in [0.2, 0.25) is 0 Å². The van der Waals surface area contributed by atoms with Crippen molar-refractivity contribution in [1.82, 2.24) is 4.98 Å². The van der Waals surface area contributed by atoms with Crippen molar-refractivity contribution < 1.29 is 14.4 Å². The van der Waals surface area contributed by atoms with Crippen molar-refractivity contribution in [2.24, 2.45) is 0 Å². The van der Waals surface area contributed by atoms with Crippen molar-refractivity contribution in [3.63, 3.8) is 0 Å². The normalized spacial score (nSPS) is 10.8. The average Bonchev–Trinajstić information content (AvgIpc) is 2.89. The largest absolute Gasteiger partial charge is 0.426 e. The number of ether oxygens (including phenoxy) is 1. The Balaban J connectivity index is 2.21. The summed E-state index contributed by atoms with van der Waals surface area (Å²) in [6.45, 7) is 11.8. The van der Waals surface area contributed by atoms with Gasteiger partial charge in [-0.05, 0) is 29.8 Å². The molecule has 0 amide bonds. The lowest BCUT2D eigenvalue weighted by Crippen LogP contribution is -3.11. The third kappa shape index (κ3) is 3.86. The van der Waals surface area contributed by atoms with Gasteiger partial charge in [0.25, 0.3) is 0 Å². The predicted octanol–water partition coefficient (Wildman–Crippen LogP) is 1.89. The minimum atomic E-state index is -0.301. The van der Waals surface area contributed by atoms with Crippen LogP contribution in [0, 0.1) is 0 Å². The van der Waals surface area contributed by atoms with Crippen LogP contribution in [0.5, 0.6) is 5.75 Å². The standard InChI is InChI=1S/C18H22N2O2/c1-4-10-20(11-5-2)12-9-15-13-19-16-7-6-8-17(18(15)16)22-14(3)21/h4-8,13,19H,1-2,9-12H2,3H3/p+1. The molecule has 0 unspecified atom stereocenters. The molecule has 0 bridgehead atoms. The Morgan fingerprint density at radius 2 is 2.05 bits per heavy atom. The number of H-pyrrole nitrogens is 1. The van der Waals surface area contributed by atoms with Gasteiger partial charge >= 0.3 is 5.97 Å². The fourth-order valence-corrected chi connectivity index (χ4v) is 2.66. The molecule has 0 aliphatic heterocycles. The molecule has 1 aromatic heterocycles. The number of benzene rings is 1. The number of rotatable bonds is 8. The molecule has 0 atom stereocenters. The highest BCUT2D eigenvalue weighted by Crippen LogP contribution is 2.29. The highest BCUT2D eigenvalue weighted by atomic mass is 16.5. The summed E-state index contributed by atoms with van der Waals surface area (Å²) >= 11 is 0. The Hall–Kier alpha value is -2.33. The average molecular weight is 299 g/mol. The molecule has 2 rings (SSSR count). The van der Waals surface area contributed by atoms with Crippen LogP contribution < -0.4 is 9.64 Å². The van der Waals surface area contributed by atoms with Gasteiger partial charge < -0.3 is 14.6 Å². The summed E-state index contributed by atoms with van der Waals surface area (Å²) in [5, 5.41) is 0.995. The topological polar surface area (TPSA) is 46.5 Å². The van der Waals surface area contributed by atoms with Crippen LogP contribution in [0.2, 0.25) is 0 Å². The van der Waals surface area contributed by atoms with Crippen molar-refractivity contribution in [2.45, 2.75) is 13.3 Å².